The van der Waals surface area contributed by atoms with Gasteiger partial charge in [0.2, 0.25) is 0 Å². The van der Waals surface area contributed by atoms with E-state index in [1.807, 2.05) is 31.2 Å². The number of aromatic nitrogens is 2. The lowest BCUT2D eigenvalue weighted by molar-refractivity contribution is 0.0931. The van der Waals surface area contributed by atoms with Crippen molar-refractivity contribution in [2.45, 2.75) is 19.5 Å². The molecule has 23 heavy (non-hydrogen) atoms. The van der Waals surface area contributed by atoms with Gasteiger partial charge in [-0.1, -0.05) is 34.1 Å². The molecule has 0 bridgehead atoms. The molecule has 2 aromatic rings. The minimum Gasteiger partial charge on any atom is -0.383 e. The Labute approximate surface area is 142 Å². The number of carbonyl (C=O) groups is 1. The van der Waals surface area contributed by atoms with Crippen LogP contribution in [0.15, 0.2) is 45.7 Å². The fourth-order valence-electron chi connectivity index (χ4n) is 2.08. The van der Waals surface area contributed by atoms with Crippen molar-refractivity contribution in [3.05, 3.63) is 62.5 Å². The van der Waals surface area contributed by atoms with E-state index < -0.39 is 0 Å². The molecule has 1 aromatic heterocycles. The molecule has 0 spiro atoms. The Balaban J connectivity index is 2.14. The SMILES string of the molecule is COCCn1nc(C(=O)NC(C)c2ccccc2Br)ccc1=O. The maximum atomic E-state index is 12.3. The van der Waals surface area contributed by atoms with Crippen LogP contribution in [0.1, 0.15) is 29.0 Å². The van der Waals surface area contributed by atoms with Crippen LogP contribution in [0, 0.1) is 0 Å². The third kappa shape index (κ3) is 4.49. The number of rotatable bonds is 6. The molecule has 6 nitrogen and oxygen atoms in total. The molecule has 0 aliphatic rings. The molecule has 0 saturated heterocycles. The highest BCUT2D eigenvalue weighted by molar-refractivity contribution is 9.10. The number of amides is 1. The smallest absolute Gasteiger partial charge is 0.272 e. The Morgan fingerprint density at radius 2 is 2.09 bits per heavy atom. The van der Waals surface area contributed by atoms with Gasteiger partial charge in [-0.15, -0.1) is 0 Å². The third-order valence-corrected chi connectivity index (χ3v) is 4.05. The van der Waals surface area contributed by atoms with E-state index in [1.54, 1.807) is 7.11 Å². The Kier molecular flexibility index (Phi) is 6.06. The van der Waals surface area contributed by atoms with Gasteiger partial charge in [-0.25, -0.2) is 4.68 Å². The molecular formula is C16H18BrN3O3. The van der Waals surface area contributed by atoms with Gasteiger partial charge >= 0.3 is 0 Å². The van der Waals surface area contributed by atoms with Crippen molar-refractivity contribution in [1.82, 2.24) is 15.1 Å². The van der Waals surface area contributed by atoms with Crippen molar-refractivity contribution < 1.29 is 9.53 Å². The summed E-state index contributed by atoms with van der Waals surface area (Å²) in [4.78, 5) is 24.0. The Morgan fingerprint density at radius 3 is 2.78 bits per heavy atom. The quantitative estimate of drug-likeness (QED) is 0.834. The molecule has 0 radical (unpaired) electrons. The van der Waals surface area contributed by atoms with Crippen molar-refractivity contribution in [2.24, 2.45) is 0 Å². The number of hydrogen-bond donors (Lipinski definition) is 1. The summed E-state index contributed by atoms with van der Waals surface area (Å²) in [6.45, 7) is 2.54. The lowest BCUT2D eigenvalue weighted by atomic mass is 10.1. The highest BCUT2D eigenvalue weighted by Gasteiger charge is 2.15. The van der Waals surface area contributed by atoms with Gasteiger partial charge in [0, 0.05) is 17.6 Å². The van der Waals surface area contributed by atoms with Crippen LogP contribution in [0.3, 0.4) is 0 Å². The first-order chi connectivity index (χ1) is 11.0. The number of methoxy groups -OCH3 is 1. The lowest BCUT2D eigenvalue weighted by Crippen LogP contribution is -2.31. The first-order valence-electron chi connectivity index (χ1n) is 7.15. The molecule has 0 aliphatic heterocycles. The molecular weight excluding hydrogens is 362 g/mol. The maximum absolute atomic E-state index is 12.3. The number of hydrogen-bond acceptors (Lipinski definition) is 4. The number of nitrogens with zero attached hydrogens (tertiary/aromatic N) is 2. The van der Waals surface area contributed by atoms with E-state index >= 15 is 0 Å². The number of nitrogens with one attached hydrogen (secondary N) is 1. The van der Waals surface area contributed by atoms with E-state index in [1.165, 1.54) is 16.8 Å². The monoisotopic (exact) mass is 379 g/mol. The fraction of sp³-hybridized carbons (Fsp3) is 0.312. The van der Waals surface area contributed by atoms with Gasteiger partial charge in [0.25, 0.3) is 11.5 Å². The van der Waals surface area contributed by atoms with E-state index in [0.717, 1.165) is 10.0 Å². The van der Waals surface area contributed by atoms with Crippen LogP contribution in [0.4, 0.5) is 0 Å². The number of carbonyl (C=O) groups excluding carboxylic acids is 1. The Bertz CT molecular complexity index is 745. The molecule has 1 amide bonds. The van der Waals surface area contributed by atoms with E-state index in [2.05, 4.69) is 26.3 Å². The zero-order valence-corrected chi connectivity index (χ0v) is 14.5. The van der Waals surface area contributed by atoms with Crippen LogP contribution in [-0.4, -0.2) is 29.4 Å². The summed E-state index contributed by atoms with van der Waals surface area (Å²) in [5.74, 6) is -0.334. The molecule has 1 atom stereocenters. The Hall–Kier alpha value is -1.99. The molecule has 122 valence electrons. The largest absolute Gasteiger partial charge is 0.383 e. The zero-order valence-electron chi connectivity index (χ0n) is 13.0. The average molecular weight is 380 g/mol. The second-order valence-corrected chi connectivity index (χ2v) is 5.84. The summed E-state index contributed by atoms with van der Waals surface area (Å²) in [5.41, 5.74) is 0.894. The van der Waals surface area contributed by atoms with Gasteiger partial charge in [-0.2, -0.15) is 5.10 Å². The zero-order chi connectivity index (χ0) is 16.8. The second-order valence-electron chi connectivity index (χ2n) is 4.99. The minimum atomic E-state index is -0.334. The number of halogens is 1. The summed E-state index contributed by atoms with van der Waals surface area (Å²) < 4.78 is 7.08. The molecule has 1 unspecified atom stereocenters. The standard InChI is InChI=1S/C16H18BrN3O3/c1-11(12-5-3-4-6-13(12)17)18-16(22)14-7-8-15(21)20(19-14)9-10-23-2/h3-8,11H,9-10H2,1-2H3,(H,18,22). The molecule has 0 saturated carbocycles. The predicted octanol–water partition coefficient (Wildman–Crippen LogP) is 2.14. The molecule has 2 rings (SSSR count). The van der Waals surface area contributed by atoms with Crippen molar-refractivity contribution >= 4 is 21.8 Å². The molecule has 1 aromatic carbocycles. The molecule has 1 heterocycles. The normalized spacial score (nSPS) is 12.0. The van der Waals surface area contributed by atoms with Crippen LogP contribution >= 0.6 is 15.9 Å². The molecule has 0 fully saturated rings. The van der Waals surface area contributed by atoms with Crippen LogP contribution in [-0.2, 0) is 11.3 Å². The van der Waals surface area contributed by atoms with Crippen LogP contribution in [0.5, 0.6) is 0 Å². The van der Waals surface area contributed by atoms with Crippen LogP contribution in [0.2, 0.25) is 0 Å². The number of ether oxygens (including phenoxy) is 1. The van der Waals surface area contributed by atoms with Crippen molar-refractivity contribution in [3.63, 3.8) is 0 Å². The van der Waals surface area contributed by atoms with Crippen LogP contribution in [0.25, 0.3) is 0 Å². The van der Waals surface area contributed by atoms with E-state index in [0.29, 0.717) is 13.2 Å². The summed E-state index contributed by atoms with van der Waals surface area (Å²) in [6.07, 6.45) is 0. The van der Waals surface area contributed by atoms with Crippen LogP contribution < -0.4 is 10.9 Å². The van der Waals surface area contributed by atoms with Gasteiger partial charge in [-0.05, 0) is 24.6 Å². The Morgan fingerprint density at radius 1 is 1.35 bits per heavy atom. The summed E-state index contributed by atoms with van der Waals surface area (Å²) in [7, 11) is 1.54. The second kappa shape index (κ2) is 8.03. The van der Waals surface area contributed by atoms with E-state index in [4.69, 9.17) is 4.74 Å². The summed E-state index contributed by atoms with van der Waals surface area (Å²) in [6, 6.07) is 10.2. The summed E-state index contributed by atoms with van der Waals surface area (Å²) in [5, 5.41) is 6.96. The highest BCUT2D eigenvalue weighted by atomic mass is 79.9. The first kappa shape index (κ1) is 17.4. The maximum Gasteiger partial charge on any atom is 0.272 e. The predicted molar refractivity (Wildman–Crippen MR) is 90.4 cm³/mol. The number of benzene rings is 1. The topological polar surface area (TPSA) is 73.2 Å². The average Bonchev–Trinajstić information content (AvgIpc) is 2.54. The molecule has 7 heteroatoms. The molecule has 1 N–H and O–H groups in total. The van der Waals surface area contributed by atoms with Gasteiger partial charge in [0.05, 0.1) is 19.2 Å². The van der Waals surface area contributed by atoms with Gasteiger partial charge in [0.15, 0.2) is 0 Å². The van der Waals surface area contributed by atoms with Crippen molar-refractivity contribution in [1.29, 1.82) is 0 Å². The minimum absolute atomic E-state index is 0.194. The van der Waals surface area contributed by atoms with Crippen molar-refractivity contribution in [2.75, 3.05) is 13.7 Å². The fourth-order valence-corrected chi connectivity index (χ4v) is 2.71. The third-order valence-electron chi connectivity index (χ3n) is 3.33. The van der Waals surface area contributed by atoms with Gasteiger partial charge in [-0.3, -0.25) is 9.59 Å². The van der Waals surface area contributed by atoms with Crippen molar-refractivity contribution in [3.8, 4) is 0 Å². The summed E-state index contributed by atoms with van der Waals surface area (Å²) >= 11 is 3.47. The van der Waals surface area contributed by atoms with E-state index in [-0.39, 0.29) is 23.2 Å². The highest BCUT2D eigenvalue weighted by Crippen LogP contribution is 2.22. The molecule has 0 aliphatic carbocycles. The van der Waals surface area contributed by atoms with Gasteiger partial charge in [0.1, 0.15) is 5.69 Å². The van der Waals surface area contributed by atoms with E-state index in [9.17, 15) is 9.59 Å². The lowest BCUT2D eigenvalue weighted by Gasteiger charge is -2.15. The van der Waals surface area contributed by atoms with Gasteiger partial charge < -0.3 is 10.1 Å². The first-order valence-corrected chi connectivity index (χ1v) is 7.94.